The van der Waals surface area contributed by atoms with E-state index < -0.39 is 12.1 Å². The molecule has 0 fully saturated rings. The fraction of sp³-hybridized carbons (Fsp3) is 0.484. The molecule has 0 aromatic heterocycles. The molecule has 4 heteroatoms. The first-order valence-corrected chi connectivity index (χ1v) is 13.1. The molecule has 1 atom stereocenters. The summed E-state index contributed by atoms with van der Waals surface area (Å²) in [5.41, 5.74) is 2.82. The van der Waals surface area contributed by atoms with Gasteiger partial charge in [-0.25, -0.2) is 4.79 Å². The van der Waals surface area contributed by atoms with E-state index in [0.717, 1.165) is 50.0 Å². The Hall–Kier alpha value is -3.06. The zero-order valence-electron chi connectivity index (χ0n) is 21.6. The highest BCUT2D eigenvalue weighted by atomic mass is 16.5. The molecule has 2 rings (SSSR count). The molecule has 4 nitrogen and oxygen atoms in total. The third kappa shape index (κ3) is 11.3. The van der Waals surface area contributed by atoms with Gasteiger partial charge in [-0.05, 0) is 73.9 Å². The van der Waals surface area contributed by atoms with E-state index in [2.05, 4.69) is 37.8 Å². The molecule has 1 unspecified atom stereocenters. The minimum absolute atomic E-state index is 0.366. The number of ether oxygens (including phenoxy) is 2. The molecule has 0 heterocycles. The Labute approximate surface area is 211 Å². The number of ketones is 1. The van der Waals surface area contributed by atoms with Gasteiger partial charge in [-0.15, -0.1) is 0 Å². The maximum absolute atomic E-state index is 12.4. The Morgan fingerprint density at radius 2 is 1.40 bits per heavy atom. The molecular weight excluding hydrogens is 436 g/mol. The normalized spacial score (nSPS) is 11.3. The fourth-order valence-corrected chi connectivity index (χ4v) is 3.54. The van der Waals surface area contributed by atoms with Crippen LogP contribution in [0.4, 0.5) is 0 Å². The van der Waals surface area contributed by atoms with Gasteiger partial charge in [0.05, 0.1) is 12.2 Å². The third-order valence-electron chi connectivity index (χ3n) is 5.85. The number of unbranched alkanes of at least 4 members (excludes halogenated alkanes) is 6. The summed E-state index contributed by atoms with van der Waals surface area (Å²) in [6, 6.07) is 15.7. The lowest BCUT2D eigenvalue weighted by Gasteiger charge is -2.10. The lowest BCUT2D eigenvalue weighted by atomic mass is 10.0. The van der Waals surface area contributed by atoms with Gasteiger partial charge in [0.25, 0.3) is 0 Å². The molecule has 0 amide bonds. The quantitative estimate of drug-likeness (QED) is 0.119. The number of aryl methyl sites for hydroxylation is 2. The summed E-state index contributed by atoms with van der Waals surface area (Å²) >= 11 is 0. The zero-order chi connectivity index (χ0) is 25.3. The Bertz CT molecular complexity index is 948. The highest BCUT2D eigenvalue weighted by molar-refractivity contribution is 6.01. The number of rotatable bonds is 15. The number of carbonyl (C=O) groups excluding carboxylic acids is 2. The van der Waals surface area contributed by atoms with E-state index in [4.69, 9.17) is 9.47 Å². The van der Waals surface area contributed by atoms with Crippen molar-refractivity contribution in [2.24, 2.45) is 0 Å². The van der Waals surface area contributed by atoms with Crippen molar-refractivity contribution >= 4 is 11.8 Å². The zero-order valence-corrected chi connectivity index (χ0v) is 21.6. The first-order chi connectivity index (χ1) is 17.0. The van der Waals surface area contributed by atoms with Crippen LogP contribution in [0.1, 0.15) is 93.6 Å². The van der Waals surface area contributed by atoms with Gasteiger partial charge in [-0.1, -0.05) is 76.1 Å². The highest BCUT2D eigenvalue weighted by Gasteiger charge is 2.17. The molecule has 0 bridgehead atoms. The number of esters is 1. The van der Waals surface area contributed by atoms with E-state index in [1.807, 2.05) is 24.3 Å². The topological polar surface area (TPSA) is 52.6 Å². The van der Waals surface area contributed by atoms with E-state index in [1.165, 1.54) is 31.2 Å². The molecule has 0 spiro atoms. The Morgan fingerprint density at radius 3 is 2.03 bits per heavy atom. The van der Waals surface area contributed by atoms with Gasteiger partial charge < -0.3 is 9.47 Å². The van der Waals surface area contributed by atoms with Crippen LogP contribution < -0.4 is 4.74 Å². The maximum atomic E-state index is 12.4. The van der Waals surface area contributed by atoms with Gasteiger partial charge in [0.2, 0.25) is 5.78 Å². The van der Waals surface area contributed by atoms with Crippen LogP contribution in [0.5, 0.6) is 5.75 Å². The summed E-state index contributed by atoms with van der Waals surface area (Å²) in [6.07, 6.45) is 9.76. The minimum atomic E-state index is -0.871. The number of carbonyl (C=O) groups is 2. The summed E-state index contributed by atoms with van der Waals surface area (Å²) < 4.78 is 11.1. The monoisotopic (exact) mass is 476 g/mol. The molecule has 2 aromatic rings. The van der Waals surface area contributed by atoms with Crippen molar-refractivity contribution in [3.05, 3.63) is 65.2 Å². The lowest BCUT2D eigenvalue weighted by molar-refractivity contribution is -0.121. The Balaban J connectivity index is 1.74. The van der Waals surface area contributed by atoms with Gasteiger partial charge in [0, 0.05) is 6.42 Å². The highest BCUT2D eigenvalue weighted by Crippen LogP contribution is 2.16. The second kappa shape index (κ2) is 16.5. The summed E-state index contributed by atoms with van der Waals surface area (Å²) in [6.45, 7) is 6.64. The van der Waals surface area contributed by atoms with Crippen LogP contribution in [-0.2, 0) is 22.4 Å². The molecular formula is C31H40O4. The van der Waals surface area contributed by atoms with E-state index in [1.54, 1.807) is 19.1 Å². The molecule has 0 aliphatic rings. The summed E-state index contributed by atoms with van der Waals surface area (Å²) in [4.78, 5) is 24.4. The third-order valence-corrected chi connectivity index (χ3v) is 5.85. The molecule has 0 N–H and O–H groups in total. The Morgan fingerprint density at radius 1 is 0.800 bits per heavy atom. The first-order valence-electron chi connectivity index (χ1n) is 13.1. The largest absolute Gasteiger partial charge is 0.494 e. The number of benzene rings is 2. The van der Waals surface area contributed by atoms with Crippen molar-refractivity contribution in [2.75, 3.05) is 6.61 Å². The van der Waals surface area contributed by atoms with E-state index in [9.17, 15) is 9.59 Å². The standard InChI is InChI=1S/C31H40O4/c1-4-6-8-10-12-24-34-29-22-18-27(19-23-29)15-14-26-16-20-28(21-17-26)31(33)35-25(3)30(32)13-11-9-7-5-2/h16-23,25H,4-10,12,14-15,24H2,1-3H3. The van der Waals surface area contributed by atoms with Crippen LogP contribution in [0.2, 0.25) is 0 Å². The maximum Gasteiger partial charge on any atom is 0.338 e. The minimum Gasteiger partial charge on any atom is -0.494 e. The van der Waals surface area contributed by atoms with Crippen LogP contribution >= 0.6 is 0 Å². The van der Waals surface area contributed by atoms with Crippen molar-refractivity contribution in [3.8, 4) is 17.6 Å². The Kier molecular flexibility index (Phi) is 13.3. The van der Waals surface area contributed by atoms with Crippen molar-refractivity contribution in [3.63, 3.8) is 0 Å². The van der Waals surface area contributed by atoms with Crippen LogP contribution in [0.3, 0.4) is 0 Å². The fourth-order valence-electron chi connectivity index (χ4n) is 3.54. The predicted octanol–water partition coefficient (Wildman–Crippen LogP) is 7.13. The first kappa shape index (κ1) is 28.2. The van der Waals surface area contributed by atoms with E-state index >= 15 is 0 Å². The van der Waals surface area contributed by atoms with Gasteiger partial charge in [-0.3, -0.25) is 4.79 Å². The van der Waals surface area contributed by atoms with E-state index in [-0.39, 0.29) is 5.78 Å². The van der Waals surface area contributed by atoms with Crippen molar-refractivity contribution in [2.45, 2.75) is 91.1 Å². The summed E-state index contributed by atoms with van der Waals surface area (Å²) in [5.74, 6) is 5.45. The number of hydrogen-bond acceptors (Lipinski definition) is 4. The second-order valence-electron chi connectivity index (χ2n) is 8.92. The molecule has 0 radical (unpaired) electrons. The number of Topliss-reactive ketones (excluding diaryl/α,β-unsaturated/α-hetero) is 1. The molecule has 2 aromatic carbocycles. The lowest BCUT2D eigenvalue weighted by Crippen LogP contribution is -2.23. The summed E-state index contributed by atoms with van der Waals surface area (Å²) in [5, 5.41) is 0. The average Bonchev–Trinajstić information content (AvgIpc) is 2.88. The summed E-state index contributed by atoms with van der Waals surface area (Å²) in [7, 11) is 0. The van der Waals surface area contributed by atoms with Crippen LogP contribution in [0.25, 0.3) is 0 Å². The molecule has 0 aliphatic carbocycles. The van der Waals surface area contributed by atoms with Crippen molar-refractivity contribution in [1.82, 2.24) is 0 Å². The molecule has 0 aliphatic heterocycles. The average molecular weight is 477 g/mol. The van der Waals surface area contributed by atoms with Crippen molar-refractivity contribution < 1.29 is 19.1 Å². The van der Waals surface area contributed by atoms with Crippen LogP contribution in [0, 0.1) is 11.8 Å². The molecule has 35 heavy (non-hydrogen) atoms. The molecule has 0 saturated heterocycles. The van der Waals surface area contributed by atoms with Gasteiger partial charge in [0.15, 0.2) is 6.10 Å². The molecule has 0 saturated carbocycles. The van der Waals surface area contributed by atoms with Gasteiger partial charge in [-0.2, -0.15) is 0 Å². The van der Waals surface area contributed by atoms with Gasteiger partial charge >= 0.3 is 5.97 Å². The smallest absolute Gasteiger partial charge is 0.338 e. The van der Waals surface area contributed by atoms with E-state index in [0.29, 0.717) is 12.0 Å². The van der Waals surface area contributed by atoms with Crippen LogP contribution in [-0.4, -0.2) is 24.5 Å². The van der Waals surface area contributed by atoms with Crippen molar-refractivity contribution in [1.29, 1.82) is 0 Å². The van der Waals surface area contributed by atoms with Crippen LogP contribution in [0.15, 0.2) is 48.5 Å². The predicted molar refractivity (Wildman–Crippen MR) is 142 cm³/mol. The number of hydrogen-bond donors (Lipinski definition) is 0. The molecule has 188 valence electrons. The second-order valence-corrected chi connectivity index (χ2v) is 8.92. The van der Waals surface area contributed by atoms with Gasteiger partial charge in [0.1, 0.15) is 5.75 Å². The SMILES string of the molecule is CCCCC#CC(=O)C(C)OC(=O)c1ccc(CCc2ccc(OCCCCCCC)cc2)cc1.